The Morgan fingerprint density at radius 1 is 1.35 bits per heavy atom. The molecule has 0 radical (unpaired) electrons. The standard InChI is InChI=1S/C13H15NO5S/c1-9-2-5-11(6-3-9)20(18,19)14-10(8-13(16)17)4-7-12(14)15/h2-3,5-6,10H,4,7-8H2,1H3,(H,16,17). The highest BCUT2D eigenvalue weighted by Gasteiger charge is 2.41. The molecule has 0 saturated carbocycles. The fourth-order valence-corrected chi connectivity index (χ4v) is 3.90. The van der Waals surface area contributed by atoms with Crippen LogP contribution in [0.15, 0.2) is 29.2 Å². The van der Waals surface area contributed by atoms with E-state index in [1.165, 1.54) is 12.1 Å². The van der Waals surface area contributed by atoms with Crippen LogP contribution in [0.2, 0.25) is 0 Å². The number of aliphatic carboxylic acids is 1. The molecule has 20 heavy (non-hydrogen) atoms. The summed E-state index contributed by atoms with van der Waals surface area (Å²) >= 11 is 0. The molecule has 108 valence electrons. The molecule has 1 unspecified atom stereocenters. The number of hydrogen-bond donors (Lipinski definition) is 1. The predicted octanol–water partition coefficient (Wildman–Crippen LogP) is 1.15. The lowest BCUT2D eigenvalue weighted by Gasteiger charge is -2.23. The van der Waals surface area contributed by atoms with Gasteiger partial charge in [0.25, 0.3) is 10.0 Å². The van der Waals surface area contributed by atoms with Gasteiger partial charge in [0.15, 0.2) is 0 Å². The van der Waals surface area contributed by atoms with Crippen LogP contribution >= 0.6 is 0 Å². The Bertz CT molecular complexity index is 635. The summed E-state index contributed by atoms with van der Waals surface area (Å²) in [5.74, 6) is -1.66. The number of sulfonamides is 1. The lowest BCUT2D eigenvalue weighted by molar-refractivity contribution is -0.138. The fraction of sp³-hybridized carbons (Fsp3) is 0.385. The van der Waals surface area contributed by atoms with Crippen molar-refractivity contribution in [3.63, 3.8) is 0 Å². The lowest BCUT2D eigenvalue weighted by atomic mass is 10.2. The number of nitrogens with zero attached hydrogens (tertiary/aromatic N) is 1. The minimum atomic E-state index is -3.98. The maximum atomic E-state index is 12.5. The van der Waals surface area contributed by atoms with Crippen molar-refractivity contribution >= 4 is 21.9 Å². The minimum absolute atomic E-state index is 0.00809. The normalized spacial score (nSPS) is 19.4. The first kappa shape index (κ1) is 14.5. The first-order chi connectivity index (χ1) is 9.32. The van der Waals surface area contributed by atoms with Crippen LogP contribution in [0.3, 0.4) is 0 Å². The van der Waals surface area contributed by atoms with Gasteiger partial charge in [0.1, 0.15) is 0 Å². The molecular weight excluding hydrogens is 282 g/mol. The van der Waals surface area contributed by atoms with E-state index in [0.717, 1.165) is 9.87 Å². The van der Waals surface area contributed by atoms with Crippen LogP contribution in [-0.2, 0) is 19.6 Å². The third kappa shape index (κ3) is 2.67. The topological polar surface area (TPSA) is 91.8 Å². The molecule has 1 saturated heterocycles. The zero-order valence-corrected chi connectivity index (χ0v) is 11.8. The molecule has 1 heterocycles. The molecule has 1 N–H and O–H groups in total. The van der Waals surface area contributed by atoms with Crippen molar-refractivity contribution in [3.8, 4) is 0 Å². The number of rotatable bonds is 4. The van der Waals surface area contributed by atoms with Gasteiger partial charge in [-0.2, -0.15) is 0 Å². The van der Waals surface area contributed by atoms with E-state index in [9.17, 15) is 18.0 Å². The molecule has 0 aliphatic carbocycles. The van der Waals surface area contributed by atoms with Gasteiger partial charge >= 0.3 is 5.97 Å². The summed E-state index contributed by atoms with van der Waals surface area (Å²) in [6.45, 7) is 1.82. The lowest BCUT2D eigenvalue weighted by Crippen LogP contribution is -2.39. The van der Waals surface area contributed by atoms with Crippen LogP contribution in [-0.4, -0.2) is 35.7 Å². The molecule has 1 amide bonds. The van der Waals surface area contributed by atoms with Crippen molar-refractivity contribution in [2.45, 2.75) is 37.1 Å². The Labute approximate surface area is 117 Å². The molecule has 1 aliphatic heterocycles. The third-order valence-electron chi connectivity index (χ3n) is 3.26. The maximum absolute atomic E-state index is 12.5. The number of amides is 1. The number of hydrogen-bond acceptors (Lipinski definition) is 4. The van der Waals surface area contributed by atoms with E-state index < -0.39 is 27.9 Å². The molecule has 0 spiro atoms. The Kier molecular flexibility index (Phi) is 3.80. The van der Waals surface area contributed by atoms with Crippen LogP contribution in [0.5, 0.6) is 0 Å². The van der Waals surface area contributed by atoms with Gasteiger partial charge in [-0.1, -0.05) is 17.7 Å². The molecule has 1 fully saturated rings. The molecule has 0 bridgehead atoms. The summed E-state index contributed by atoms with van der Waals surface area (Å²) in [7, 11) is -3.98. The first-order valence-electron chi connectivity index (χ1n) is 6.18. The van der Waals surface area contributed by atoms with E-state index in [1.807, 2.05) is 6.92 Å². The Hall–Kier alpha value is -1.89. The number of benzene rings is 1. The van der Waals surface area contributed by atoms with Crippen molar-refractivity contribution < 1.29 is 23.1 Å². The summed E-state index contributed by atoms with van der Waals surface area (Å²) in [6.07, 6.45) is -0.0594. The van der Waals surface area contributed by atoms with Crippen molar-refractivity contribution in [1.82, 2.24) is 4.31 Å². The number of aryl methyl sites for hydroxylation is 1. The maximum Gasteiger partial charge on any atom is 0.305 e. The molecule has 7 heteroatoms. The Morgan fingerprint density at radius 2 is 1.95 bits per heavy atom. The predicted molar refractivity (Wildman–Crippen MR) is 70.5 cm³/mol. The second kappa shape index (κ2) is 5.24. The summed E-state index contributed by atoms with van der Waals surface area (Å²) < 4.78 is 25.6. The third-order valence-corrected chi connectivity index (χ3v) is 5.14. The van der Waals surface area contributed by atoms with E-state index in [0.29, 0.717) is 0 Å². The average Bonchev–Trinajstić information content (AvgIpc) is 2.70. The fourth-order valence-electron chi connectivity index (χ4n) is 2.26. The zero-order chi connectivity index (χ0) is 14.9. The van der Waals surface area contributed by atoms with E-state index in [1.54, 1.807) is 12.1 Å². The quantitative estimate of drug-likeness (QED) is 0.900. The number of carbonyl (C=O) groups excluding carboxylic acids is 1. The van der Waals surface area contributed by atoms with E-state index in [4.69, 9.17) is 5.11 Å². The van der Waals surface area contributed by atoms with Crippen LogP contribution in [0.1, 0.15) is 24.8 Å². The van der Waals surface area contributed by atoms with Crippen molar-refractivity contribution in [2.24, 2.45) is 0 Å². The molecule has 1 aromatic rings. The second-order valence-corrected chi connectivity index (χ2v) is 6.61. The molecular formula is C13H15NO5S. The van der Waals surface area contributed by atoms with Gasteiger partial charge in [-0.25, -0.2) is 12.7 Å². The van der Waals surface area contributed by atoms with Crippen molar-refractivity contribution in [1.29, 1.82) is 0 Å². The van der Waals surface area contributed by atoms with Gasteiger partial charge in [0, 0.05) is 6.42 Å². The highest BCUT2D eigenvalue weighted by molar-refractivity contribution is 7.89. The largest absolute Gasteiger partial charge is 0.481 e. The van der Waals surface area contributed by atoms with Gasteiger partial charge < -0.3 is 5.11 Å². The smallest absolute Gasteiger partial charge is 0.305 e. The van der Waals surface area contributed by atoms with E-state index >= 15 is 0 Å². The van der Waals surface area contributed by atoms with Gasteiger partial charge in [-0.05, 0) is 25.5 Å². The van der Waals surface area contributed by atoms with Gasteiger partial charge in [0.05, 0.1) is 17.4 Å². The van der Waals surface area contributed by atoms with Crippen LogP contribution in [0, 0.1) is 6.92 Å². The molecule has 1 aliphatic rings. The molecule has 6 nitrogen and oxygen atoms in total. The summed E-state index contributed by atoms with van der Waals surface area (Å²) in [4.78, 5) is 22.6. The SMILES string of the molecule is Cc1ccc(S(=O)(=O)N2C(=O)CCC2CC(=O)O)cc1. The Balaban J connectivity index is 2.38. The van der Waals surface area contributed by atoms with E-state index in [2.05, 4.69) is 0 Å². The van der Waals surface area contributed by atoms with E-state index in [-0.39, 0.29) is 24.2 Å². The molecule has 0 aromatic heterocycles. The van der Waals surface area contributed by atoms with Gasteiger partial charge in [-0.3, -0.25) is 9.59 Å². The average molecular weight is 297 g/mol. The Morgan fingerprint density at radius 3 is 2.50 bits per heavy atom. The van der Waals surface area contributed by atoms with Crippen LogP contribution in [0.25, 0.3) is 0 Å². The minimum Gasteiger partial charge on any atom is -0.481 e. The summed E-state index contributed by atoms with van der Waals surface area (Å²) in [5, 5.41) is 8.82. The summed E-state index contributed by atoms with van der Waals surface area (Å²) in [5.41, 5.74) is 0.902. The molecule has 1 aromatic carbocycles. The second-order valence-electron chi connectivity index (χ2n) is 4.80. The number of carboxylic acid groups (broad SMARTS) is 1. The number of carbonyl (C=O) groups is 2. The van der Waals surface area contributed by atoms with Crippen LogP contribution < -0.4 is 0 Å². The summed E-state index contributed by atoms with van der Waals surface area (Å²) in [6, 6.07) is 5.33. The zero-order valence-electron chi connectivity index (χ0n) is 10.9. The number of carboxylic acids is 1. The van der Waals surface area contributed by atoms with Crippen molar-refractivity contribution in [3.05, 3.63) is 29.8 Å². The van der Waals surface area contributed by atoms with Crippen molar-refractivity contribution in [2.75, 3.05) is 0 Å². The van der Waals surface area contributed by atoms with Gasteiger partial charge in [0.2, 0.25) is 5.91 Å². The monoisotopic (exact) mass is 297 g/mol. The highest BCUT2D eigenvalue weighted by atomic mass is 32.2. The van der Waals surface area contributed by atoms with Crippen LogP contribution in [0.4, 0.5) is 0 Å². The highest BCUT2D eigenvalue weighted by Crippen LogP contribution is 2.29. The molecule has 2 rings (SSSR count). The molecule has 1 atom stereocenters. The first-order valence-corrected chi connectivity index (χ1v) is 7.62. The van der Waals surface area contributed by atoms with Gasteiger partial charge in [-0.15, -0.1) is 0 Å².